The maximum absolute atomic E-state index is 15.0. The van der Waals surface area contributed by atoms with Crippen molar-refractivity contribution < 1.29 is 23.8 Å². The zero-order chi connectivity index (χ0) is 18.4. The topological polar surface area (TPSA) is 55.8 Å². The summed E-state index contributed by atoms with van der Waals surface area (Å²) in [5.74, 6) is -0.982. The highest BCUT2D eigenvalue weighted by molar-refractivity contribution is 5.82. The Kier molecular flexibility index (Phi) is 6.17. The molecule has 0 saturated carbocycles. The highest BCUT2D eigenvalue weighted by Crippen LogP contribution is 2.32. The number of rotatable bonds is 7. The van der Waals surface area contributed by atoms with Gasteiger partial charge in [-0.3, -0.25) is 4.79 Å². The van der Waals surface area contributed by atoms with E-state index in [-0.39, 0.29) is 6.42 Å². The van der Waals surface area contributed by atoms with E-state index in [2.05, 4.69) is 0 Å². The first-order valence-corrected chi connectivity index (χ1v) is 7.86. The first-order chi connectivity index (χ1) is 12.0. The predicted octanol–water partition coefficient (Wildman–Crippen LogP) is 4.54. The second kappa shape index (κ2) is 8.33. The van der Waals surface area contributed by atoms with Gasteiger partial charge in [-0.15, -0.1) is 0 Å². The van der Waals surface area contributed by atoms with Crippen LogP contribution in [0.15, 0.2) is 54.4 Å². The molecule has 0 heterocycles. The summed E-state index contributed by atoms with van der Waals surface area (Å²) in [6.07, 6.45) is -0.178. The van der Waals surface area contributed by atoms with Crippen LogP contribution in [-0.4, -0.2) is 25.3 Å². The molecule has 132 valence electrons. The number of carbonyl (C=O) groups is 1. The molecule has 2 rings (SSSR count). The Balaban J connectivity index is 2.50. The SMILES string of the molecule is COc1ccc(C(=C(F)CC(C)C(=O)O)c2ccc(OC)cc2)cc1. The number of aliphatic carboxylic acids is 1. The average molecular weight is 344 g/mol. The predicted molar refractivity (Wildman–Crippen MR) is 94.5 cm³/mol. The van der Waals surface area contributed by atoms with Gasteiger partial charge in [-0.25, -0.2) is 4.39 Å². The molecule has 1 atom stereocenters. The average Bonchev–Trinajstić information content (AvgIpc) is 2.63. The van der Waals surface area contributed by atoms with Crippen molar-refractivity contribution in [2.45, 2.75) is 13.3 Å². The van der Waals surface area contributed by atoms with Crippen LogP contribution in [-0.2, 0) is 4.79 Å². The highest BCUT2D eigenvalue weighted by Gasteiger charge is 2.19. The van der Waals surface area contributed by atoms with Gasteiger partial charge >= 0.3 is 5.97 Å². The Hall–Kier alpha value is -2.82. The van der Waals surface area contributed by atoms with E-state index in [9.17, 15) is 9.18 Å². The Labute approximate surface area is 146 Å². The minimum atomic E-state index is -1.03. The van der Waals surface area contributed by atoms with Crippen LogP contribution in [0.5, 0.6) is 11.5 Å². The van der Waals surface area contributed by atoms with Crippen molar-refractivity contribution >= 4 is 11.5 Å². The minimum Gasteiger partial charge on any atom is -0.497 e. The summed E-state index contributed by atoms with van der Waals surface area (Å²) < 4.78 is 25.2. The second-order valence-electron chi connectivity index (χ2n) is 5.68. The lowest BCUT2D eigenvalue weighted by Crippen LogP contribution is -2.10. The normalized spacial score (nSPS) is 11.5. The molecule has 0 spiro atoms. The molecule has 0 saturated heterocycles. The number of hydrogen-bond acceptors (Lipinski definition) is 3. The smallest absolute Gasteiger partial charge is 0.306 e. The van der Waals surface area contributed by atoms with Gasteiger partial charge in [0.15, 0.2) is 0 Å². The van der Waals surface area contributed by atoms with E-state index < -0.39 is 17.7 Å². The van der Waals surface area contributed by atoms with Crippen LogP contribution in [0.3, 0.4) is 0 Å². The van der Waals surface area contributed by atoms with Crippen molar-refractivity contribution in [2.24, 2.45) is 5.92 Å². The van der Waals surface area contributed by atoms with Crippen molar-refractivity contribution in [3.8, 4) is 11.5 Å². The highest BCUT2D eigenvalue weighted by atomic mass is 19.1. The molecule has 2 aromatic carbocycles. The summed E-state index contributed by atoms with van der Waals surface area (Å²) in [7, 11) is 3.12. The third-order valence-electron chi connectivity index (χ3n) is 3.94. The van der Waals surface area contributed by atoms with E-state index in [0.29, 0.717) is 28.2 Å². The molecule has 25 heavy (non-hydrogen) atoms. The number of halogens is 1. The lowest BCUT2D eigenvalue weighted by atomic mass is 9.94. The van der Waals surface area contributed by atoms with Gasteiger partial charge in [0.05, 0.1) is 20.1 Å². The van der Waals surface area contributed by atoms with Crippen molar-refractivity contribution in [3.63, 3.8) is 0 Å². The lowest BCUT2D eigenvalue weighted by Gasteiger charge is -2.14. The van der Waals surface area contributed by atoms with Crippen LogP contribution >= 0.6 is 0 Å². The Morgan fingerprint density at radius 1 is 0.960 bits per heavy atom. The molecule has 1 unspecified atom stereocenters. The van der Waals surface area contributed by atoms with Gasteiger partial charge in [-0.05, 0) is 35.4 Å². The van der Waals surface area contributed by atoms with Crippen LogP contribution in [0.1, 0.15) is 24.5 Å². The Bertz CT molecular complexity index is 699. The maximum atomic E-state index is 15.0. The number of ether oxygens (including phenoxy) is 2. The van der Waals surface area contributed by atoms with Gasteiger partial charge in [-0.2, -0.15) is 0 Å². The first-order valence-electron chi connectivity index (χ1n) is 7.86. The number of carboxylic acids is 1. The standard InChI is InChI=1S/C20H21FO4/c1-13(20(22)23)12-18(21)19(14-4-8-16(24-2)9-5-14)15-6-10-17(25-3)11-7-15/h4-11,13H,12H2,1-3H3,(H,22,23). The second-order valence-corrected chi connectivity index (χ2v) is 5.68. The van der Waals surface area contributed by atoms with Crippen LogP contribution < -0.4 is 9.47 Å². The molecule has 5 heteroatoms. The minimum absolute atomic E-state index is 0.178. The zero-order valence-electron chi connectivity index (χ0n) is 14.5. The van der Waals surface area contributed by atoms with Crippen molar-refractivity contribution in [1.29, 1.82) is 0 Å². The van der Waals surface area contributed by atoms with Crippen LogP contribution in [0, 0.1) is 5.92 Å². The van der Waals surface area contributed by atoms with Crippen LogP contribution in [0.25, 0.3) is 5.57 Å². The van der Waals surface area contributed by atoms with E-state index in [0.717, 1.165) is 0 Å². The number of carboxylic acid groups (broad SMARTS) is 1. The molecule has 0 aromatic heterocycles. The van der Waals surface area contributed by atoms with Gasteiger partial charge in [0, 0.05) is 12.0 Å². The number of hydrogen-bond donors (Lipinski definition) is 1. The van der Waals surface area contributed by atoms with Gasteiger partial charge in [0.2, 0.25) is 0 Å². The zero-order valence-corrected chi connectivity index (χ0v) is 14.5. The summed E-state index contributed by atoms with van der Waals surface area (Å²) in [4.78, 5) is 11.1. The molecule has 0 aliphatic rings. The fraction of sp³-hybridized carbons (Fsp3) is 0.250. The van der Waals surface area contributed by atoms with E-state index in [1.165, 1.54) is 6.92 Å². The molecule has 2 aromatic rings. The van der Waals surface area contributed by atoms with Gasteiger partial charge in [0.25, 0.3) is 0 Å². The van der Waals surface area contributed by atoms with E-state index in [1.807, 2.05) is 0 Å². The molecule has 1 N–H and O–H groups in total. The molecule has 0 aliphatic carbocycles. The molecule has 4 nitrogen and oxygen atoms in total. The number of methoxy groups -OCH3 is 2. The number of allylic oxidation sites excluding steroid dienone is 1. The molecular weight excluding hydrogens is 323 g/mol. The molecule has 0 amide bonds. The summed E-state index contributed by atoms with van der Waals surface area (Å²) in [5, 5.41) is 9.07. The third kappa shape index (κ3) is 4.59. The van der Waals surface area contributed by atoms with Gasteiger partial charge < -0.3 is 14.6 Å². The number of benzene rings is 2. The van der Waals surface area contributed by atoms with Crippen LogP contribution in [0.4, 0.5) is 4.39 Å². The Morgan fingerprint density at radius 2 is 1.36 bits per heavy atom. The summed E-state index contributed by atoms with van der Waals surface area (Å²) >= 11 is 0. The van der Waals surface area contributed by atoms with Crippen molar-refractivity contribution in [1.82, 2.24) is 0 Å². The molecule has 0 radical (unpaired) electrons. The van der Waals surface area contributed by atoms with Gasteiger partial charge in [-0.1, -0.05) is 31.2 Å². The molecule has 0 fully saturated rings. The monoisotopic (exact) mass is 344 g/mol. The summed E-state index contributed by atoms with van der Waals surface area (Å²) in [6, 6.07) is 14.0. The van der Waals surface area contributed by atoms with E-state index in [4.69, 9.17) is 14.6 Å². The molecule has 0 bridgehead atoms. The first kappa shape index (κ1) is 18.5. The Morgan fingerprint density at radius 3 is 1.68 bits per heavy atom. The van der Waals surface area contributed by atoms with Crippen molar-refractivity contribution in [2.75, 3.05) is 14.2 Å². The quantitative estimate of drug-likeness (QED) is 0.801. The van der Waals surface area contributed by atoms with Crippen molar-refractivity contribution in [3.05, 3.63) is 65.5 Å². The largest absolute Gasteiger partial charge is 0.497 e. The van der Waals surface area contributed by atoms with E-state index in [1.54, 1.807) is 62.8 Å². The maximum Gasteiger partial charge on any atom is 0.306 e. The third-order valence-corrected chi connectivity index (χ3v) is 3.94. The lowest BCUT2D eigenvalue weighted by molar-refractivity contribution is -0.141. The summed E-state index contributed by atoms with van der Waals surface area (Å²) in [5.41, 5.74) is 1.68. The fourth-order valence-corrected chi connectivity index (χ4v) is 2.45. The van der Waals surface area contributed by atoms with Crippen LogP contribution in [0.2, 0.25) is 0 Å². The molecular formula is C20H21FO4. The van der Waals surface area contributed by atoms with E-state index >= 15 is 0 Å². The fourth-order valence-electron chi connectivity index (χ4n) is 2.45. The summed E-state index contributed by atoms with van der Waals surface area (Å²) in [6.45, 7) is 1.49. The van der Waals surface area contributed by atoms with Gasteiger partial charge in [0.1, 0.15) is 17.3 Å². The molecule has 0 aliphatic heterocycles.